The van der Waals surface area contributed by atoms with Gasteiger partial charge in [0.1, 0.15) is 18.5 Å². The predicted molar refractivity (Wildman–Crippen MR) is 84.5 cm³/mol. The molecule has 3 nitrogen and oxygen atoms in total. The first-order valence-electron chi connectivity index (χ1n) is 7.58. The van der Waals surface area contributed by atoms with Gasteiger partial charge >= 0.3 is 0 Å². The topological polar surface area (TPSA) is 41.5 Å². The number of aliphatic hydroxyl groups excluding tert-OH is 1. The van der Waals surface area contributed by atoms with Gasteiger partial charge in [0, 0.05) is 12.6 Å². The van der Waals surface area contributed by atoms with Crippen molar-refractivity contribution in [3.8, 4) is 5.75 Å². The third-order valence-corrected chi connectivity index (χ3v) is 3.54. The van der Waals surface area contributed by atoms with E-state index in [9.17, 15) is 5.11 Å². The van der Waals surface area contributed by atoms with E-state index in [1.807, 2.05) is 6.07 Å². The monoisotopic (exact) mass is 279 g/mol. The van der Waals surface area contributed by atoms with Crippen molar-refractivity contribution in [1.29, 1.82) is 0 Å². The Labute approximate surface area is 123 Å². The molecule has 1 aromatic rings. The summed E-state index contributed by atoms with van der Waals surface area (Å²) >= 11 is 0. The first-order chi connectivity index (χ1) is 9.43. The van der Waals surface area contributed by atoms with Gasteiger partial charge in [0.15, 0.2) is 0 Å². The fourth-order valence-electron chi connectivity index (χ4n) is 1.97. The molecule has 1 aromatic carbocycles. The average molecular weight is 279 g/mol. The molecule has 0 amide bonds. The second kappa shape index (κ2) is 8.28. The number of benzene rings is 1. The zero-order valence-corrected chi connectivity index (χ0v) is 13.4. The van der Waals surface area contributed by atoms with Crippen molar-refractivity contribution in [2.45, 2.75) is 59.1 Å². The quantitative estimate of drug-likeness (QED) is 0.767. The molecule has 0 fully saturated rings. The molecular formula is C17H29NO2. The lowest BCUT2D eigenvalue weighted by Crippen LogP contribution is -2.36. The van der Waals surface area contributed by atoms with Crippen LogP contribution in [-0.2, 0) is 0 Å². The summed E-state index contributed by atoms with van der Waals surface area (Å²) in [4.78, 5) is 0. The minimum Gasteiger partial charge on any atom is -0.491 e. The summed E-state index contributed by atoms with van der Waals surface area (Å²) in [7, 11) is 0. The van der Waals surface area contributed by atoms with Crippen LogP contribution in [0.25, 0.3) is 0 Å². The van der Waals surface area contributed by atoms with Crippen molar-refractivity contribution in [2.24, 2.45) is 0 Å². The van der Waals surface area contributed by atoms with E-state index < -0.39 is 6.10 Å². The molecule has 0 spiro atoms. The second-order valence-electron chi connectivity index (χ2n) is 5.88. The van der Waals surface area contributed by atoms with Crippen molar-refractivity contribution < 1.29 is 9.84 Å². The van der Waals surface area contributed by atoms with Crippen LogP contribution in [0.15, 0.2) is 18.2 Å². The van der Waals surface area contributed by atoms with Crippen LogP contribution in [0, 0.1) is 6.92 Å². The Morgan fingerprint density at radius 3 is 2.55 bits per heavy atom. The largest absolute Gasteiger partial charge is 0.491 e. The Balaban J connectivity index is 2.54. The van der Waals surface area contributed by atoms with Gasteiger partial charge in [-0.1, -0.05) is 32.9 Å². The van der Waals surface area contributed by atoms with Crippen LogP contribution < -0.4 is 10.1 Å². The Morgan fingerprint density at radius 2 is 1.95 bits per heavy atom. The molecule has 2 atom stereocenters. The predicted octanol–water partition coefficient (Wildman–Crippen LogP) is 3.25. The molecule has 114 valence electrons. The summed E-state index contributed by atoms with van der Waals surface area (Å²) in [5.74, 6) is 1.31. The van der Waals surface area contributed by atoms with Gasteiger partial charge in [-0.15, -0.1) is 0 Å². The van der Waals surface area contributed by atoms with Crippen molar-refractivity contribution in [2.75, 3.05) is 13.2 Å². The maximum atomic E-state index is 9.97. The summed E-state index contributed by atoms with van der Waals surface area (Å²) in [6.45, 7) is 11.5. The van der Waals surface area contributed by atoms with E-state index >= 15 is 0 Å². The van der Waals surface area contributed by atoms with E-state index in [1.54, 1.807) is 0 Å². The highest BCUT2D eigenvalue weighted by Gasteiger charge is 2.11. The van der Waals surface area contributed by atoms with Crippen LogP contribution >= 0.6 is 0 Å². The number of hydrogen-bond donors (Lipinski definition) is 2. The summed E-state index contributed by atoms with van der Waals surface area (Å²) < 4.78 is 5.82. The Kier molecular flexibility index (Phi) is 7.03. The molecule has 0 bridgehead atoms. The van der Waals surface area contributed by atoms with E-state index in [0.29, 0.717) is 25.1 Å². The number of hydrogen-bond acceptors (Lipinski definition) is 3. The lowest BCUT2D eigenvalue weighted by atomic mass is 10.0. The van der Waals surface area contributed by atoms with Crippen molar-refractivity contribution in [1.82, 2.24) is 5.32 Å². The first kappa shape index (κ1) is 17.0. The highest BCUT2D eigenvalue weighted by molar-refractivity contribution is 5.39. The molecule has 2 unspecified atom stereocenters. The molecule has 0 saturated heterocycles. The number of ether oxygens (including phenoxy) is 1. The van der Waals surface area contributed by atoms with Crippen molar-refractivity contribution in [3.63, 3.8) is 0 Å². The molecule has 1 rings (SSSR count). The van der Waals surface area contributed by atoms with Crippen LogP contribution in [0.4, 0.5) is 0 Å². The van der Waals surface area contributed by atoms with Gasteiger partial charge in [0.05, 0.1) is 0 Å². The molecule has 2 N–H and O–H groups in total. The highest BCUT2D eigenvalue weighted by atomic mass is 16.5. The maximum Gasteiger partial charge on any atom is 0.123 e. The third kappa shape index (κ3) is 5.51. The summed E-state index contributed by atoms with van der Waals surface area (Å²) in [6.07, 6.45) is 0.577. The van der Waals surface area contributed by atoms with Gasteiger partial charge in [-0.3, -0.25) is 0 Å². The SMILES string of the molecule is CCC(C)NCC(O)COc1cc(C)ccc1C(C)C. The summed E-state index contributed by atoms with van der Waals surface area (Å²) in [5.41, 5.74) is 2.37. The van der Waals surface area contributed by atoms with Gasteiger partial charge in [0.2, 0.25) is 0 Å². The fraction of sp³-hybridized carbons (Fsp3) is 0.647. The van der Waals surface area contributed by atoms with Gasteiger partial charge in [-0.25, -0.2) is 0 Å². The fourth-order valence-corrected chi connectivity index (χ4v) is 1.97. The summed E-state index contributed by atoms with van der Waals surface area (Å²) in [6, 6.07) is 6.68. The number of nitrogens with one attached hydrogen (secondary N) is 1. The first-order valence-corrected chi connectivity index (χ1v) is 7.58. The number of aryl methyl sites for hydroxylation is 1. The highest BCUT2D eigenvalue weighted by Crippen LogP contribution is 2.27. The average Bonchev–Trinajstić information content (AvgIpc) is 2.42. The Hall–Kier alpha value is -1.06. The molecular weight excluding hydrogens is 250 g/mol. The number of rotatable bonds is 8. The van der Waals surface area contributed by atoms with E-state index in [1.165, 1.54) is 11.1 Å². The van der Waals surface area contributed by atoms with Gasteiger partial charge < -0.3 is 15.2 Å². The molecule has 0 saturated carbocycles. The van der Waals surface area contributed by atoms with Gasteiger partial charge in [0.25, 0.3) is 0 Å². The number of aliphatic hydroxyl groups is 1. The molecule has 20 heavy (non-hydrogen) atoms. The van der Waals surface area contributed by atoms with Crippen LogP contribution in [-0.4, -0.2) is 30.4 Å². The second-order valence-corrected chi connectivity index (χ2v) is 5.88. The smallest absolute Gasteiger partial charge is 0.123 e. The minimum atomic E-state index is -0.482. The van der Waals surface area contributed by atoms with Crippen LogP contribution in [0.3, 0.4) is 0 Å². The van der Waals surface area contributed by atoms with Crippen molar-refractivity contribution >= 4 is 0 Å². The van der Waals surface area contributed by atoms with E-state index in [0.717, 1.165) is 12.2 Å². The Morgan fingerprint density at radius 1 is 1.25 bits per heavy atom. The van der Waals surface area contributed by atoms with Crippen molar-refractivity contribution in [3.05, 3.63) is 29.3 Å². The lowest BCUT2D eigenvalue weighted by molar-refractivity contribution is 0.103. The minimum absolute atomic E-state index is 0.326. The van der Waals surface area contributed by atoms with Crippen LogP contribution in [0.2, 0.25) is 0 Å². The molecule has 0 aliphatic rings. The van der Waals surface area contributed by atoms with E-state index in [2.05, 4.69) is 52.1 Å². The molecule has 0 aromatic heterocycles. The molecule has 0 heterocycles. The lowest BCUT2D eigenvalue weighted by Gasteiger charge is -2.19. The Bertz CT molecular complexity index is 404. The van der Waals surface area contributed by atoms with Crippen LogP contribution in [0.5, 0.6) is 5.75 Å². The standard InChI is InChI=1S/C17H29NO2/c1-6-14(5)18-10-15(19)11-20-17-9-13(4)7-8-16(17)12(2)3/h7-9,12,14-15,18-19H,6,10-11H2,1-5H3. The molecule has 0 radical (unpaired) electrons. The van der Waals surface area contributed by atoms with Crippen LogP contribution in [0.1, 0.15) is 51.2 Å². The zero-order valence-electron chi connectivity index (χ0n) is 13.4. The molecule has 0 aliphatic carbocycles. The van der Waals surface area contributed by atoms with E-state index in [4.69, 9.17) is 4.74 Å². The molecule has 0 aliphatic heterocycles. The zero-order chi connectivity index (χ0) is 15.1. The summed E-state index contributed by atoms with van der Waals surface area (Å²) in [5, 5.41) is 13.3. The molecule has 3 heteroatoms. The van der Waals surface area contributed by atoms with Gasteiger partial charge in [-0.05, 0) is 43.4 Å². The maximum absolute atomic E-state index is 9.97. The van der Waals surface area contributed by atoms with E-state index in [-0.39, 0.29) is 0 Å². The van der Waals surface area contributed by atoms with Gasteiger partial charge in [-0.2, -0.15) is 0 Å². The normalized spacial score (nSPS) is 14.3. The third-order valence-electron chi connectivity index (χ3n) is 3.54.